The molecule has 4 rings (SSSR count). The number of nitro benzene ring substituents is 1. The Morgan fingerprint density at radius 3 is 2.78 bits per heavy atom. The largest absolute Gasteiger partial charge is 0.482 e. The molecule has 4 aromatic rings. The highest BCUT2D eigenvalue weighted by Crippen LogP contribution is 2.28. The Morgan fingerprint density at radius 2 is 2.03 bits per heavy atom. The minimum atomic E-state index is -0.549. The molecule has 0 saturated heterocycles. The summed E-state index contributed by atoms with van der Waals surface area (Å²) >= 11 is 3.37. The number of ether oxygens (including phenoxy) is 1. The van der Waals surface area contributed by atoms with Crippen LogP contribution in [0.5, 0.6) is 5.75 Å². The lowest BCUT2D eigenvalue weighted by molar-refractivity contribution is -0.385. The second kappa shape index (κ2) is 10.9. The number of halogens is 1. The molecule has 1 aromatic heterocycles. The van der Waals surface area contributed by atoms with Crippen molar-refractivity contribution in [2.24, 2.45) is 5.10 Å². The number of nitriles is 1. The second-order valence-electron chi connectivity index (χ2n) is 7.84. The molecule has 0 aliphatic heterocycles. The molecule has 0 amide bonds. The van der Waals surface area contributed by atoms with E-state index in [4.69, 9.17) is 4.74 Å². The van der Waals surface area contributed by atoms with Gasteiger partial charge >= 0.3 is 5.69 Å². The zero-order chi connectivity index (χ0) is 25.7. The highest BCUT2D eigenvalue weighted by atomic mass is 79.9. The van der Waals surface area contributed by atoms with E-state index in [1.807, 2.05) is 13.0 Å². The van der Waals surface area contributed by atoms with E-state index >= 15 is 0 Å². The zero-order valence-corrected chi connectivity index (χ0v) is 20.8. The molecular weight excluding hydrogens is 526 g/mol. The number of hydrogen-bond acceptors (Lipinski definition) is 7. The van der Waals surface area contributed by atoms with Crippen LogP contribution >= 0.6 is 15.9 Å². The summed E-state index contributed by atoms with van der Waals surface area (Å²) in [4.78, 5) is 28.9. The summed E-state index contributed by atoms with van der Waals surface area (Å²) in [5.41, 5.74) is 1.47. The molecule has 0 spiro atoms. The van der Waals surface area contributed by atoms with Crippen LogP contribution in [0.3, 0.4) is 0 Å². The summed E-state index contributed by atoms with van der Waals surface area (Å²) in [6, 6.07) is 18.6. The number of rotatable bonds is 8. The summed E-state index contributed by atoms with van der Waals surface area (Å²) in [5, 5.41) is 25.7. The third-order valence-corrected chi connectivity index (χ3v) is 5.87. The Bertz CT molecular complexity index is 1590. The lowest BCUT2D eigenvalue weighted by Crippen LogP contribution is -2.22. The first-order chi connectivity index (χ1) is 17.4. The van der Waals surface area contributed by atoms with Crippen molar-refractivity contribution in [1.29, 1.82) is 5.26 Å². The van der Waals surface area contributed by atoms with Crippen LogP contribution in [0.2, 0.25) is 0 Å². The normalized spacial score (nSPS) is 11.0. The Hall–Kier alpha value is -4.36. The molecule has 0 saturated carbocycles. The zero-order valence-electron chi connectivity index (χ0n) is 19.2. The molecule has 180 valence electrons. The fourth-order valence-corrected chi connectivity index (χ4v) is 3.97. The standard InChI is InChI=1S/C26H20BrN5O4/c1-2-5-25-30-22-10-9-20(27)13-21(22)26(33)31(25)29-15-17-8-11-24(23(12-17)32(34)35)36-16-19-7-4-3-6-18(19)14-28/h3-4,6-13,15H,2,5,16H2,1H3. The lowest BCUT2D eigenvalue weighted by atomic mass is 10.1. The van der Waals surface area contributed by atoms with Gasteiger partial charge in [0.2, 0.25) is 0 Å². The molecule has 0 fully saturated rings. The molecule has 10 heteroatoms. The van der Waals surface area contributed by atoms with Crippen molar-refractivity contribution in [3.05, 3.63) is 108 Å². The lowest BCUT2D eigenvalue weighted by Gasteiger charge is -2.09. The van der Waals surface area contributed by atoms with Crippen molar-refractivity contribution in [3.63, 3.8) is 0 Å². The van der Waals surface area contributed by atoms with Crippen LogP contribution in [-0.2, 0) is 13.0 Å². The number of nitro groups is 1. The van der Waals surface area contributed by atoms with Crippen molar-refractivity contribution < 1.29 is 9.66 Å². The molecule has 1 heterocycles. The van der Waals surface area contributed by atoms with Gasteiger partial charge in [-0.3, -0.25) is 14.9 Å². The number of nitrogens with zero attached hydrogens (tertiary/aromatic N) is 5. The van der Waals surface area contributed by atoms with Gasteiger partial charge in [-0.2, -0.15) is 15.0 Å². The van der Waals surface area contributed by atoms with Gasteiger partial charge in [-0.05, 0) is 42.8 Å². The fourth-order valence-electron chi connectivity index (χ4n) is 3.61. The molecular formula is C26H20BrN5O4. The molecule has 3 aromatic carbocycles. The van der Waals surface area contributed by atoms with E-state index in [1.165, 1.54) is 23.0 Å². The molecule has 0 atom stereocenters. The van der Waals surface area contributed by atoms with Crippen molar-refractivity contribution in [2.45, 2.75) is 26.4 Å². The van der Waals surface area contributed by atoms with Gasteiger partial charge in [-0.15, -0.1) is 0 Å². The Morgan fingerprint density at radius 1 is 1.22 bits per heavy atom. The van der Waals surface area contributed by atoms with Gasteiger partial charge in [0.1, 0.15) is 12.4 Å². The van der Waals surface area contributed by atoms with Crippen molar-refractivity contribution in [3.8, 4) is 11.8 Å². The number of benzene rings is 3. The van der Waals surface area contributed by atoms with Crippen LogP contribution < -0.4 is 10.3 Å². The van der Waals surface area contributed by atoms with Crippen LogP contribution in [0, 0.1) is 21.4 Å². The Kier molecular flexibility index (Phi) is 7.51. The molecule has 36 heavy (non-hydrogen) atoms. The summed E-state index contributed by atoms with van der Waals surface area (Å²) in [6.45, 7) is 1.98. The molecule has 9 nitrogen and oxygen atoms in total. The molecule has 0 radical (unpaired) electrons. The highest BCUT2D eigenvalue weighted by molar-refractivity contribution is 9.10. The summed E-state index contributed by atoms with van der Waals surface area (Å²) < 4.78 is 7.64. The number of hydrogen-bond donors (Lipinski definition) is 0. The minimum Gasteiger partial charge on any atom is -0.482 e. The maximum absolute atomic E-state index is 13.1. The SMILES string of the molecule is CCCc1nc2ccc(Br)cc2c(=O)n1N=Cc1ccc(OCc2ccccc2C#N)c([N+](=O)[O-])c1. The van der Waals surface area contributed by atoms with Crippen LogP contribution in [0.1, 0.15) is 35.9 Å². The van der Waals surface area contributed by atoms with E-state index < -0.39 is 4.92 Å². The summed E-state index contributed by atoms with van der Waals surface area (Å²) in [6.07, 6.45) is 2.68. The topological polar surface area (TPSA) is 123 Å². The molecule has 0 N–H and O–H groups in total. The van der Waals surface area contributed by atoms with E-state index in [9.17, 15) is 20.2 Å². The number of aryl methyl sites for hydroxylation is 1. The van der Waals surface area contributed by atoms with Gasteiger partial charge in [-0.25, -0.2) is 4.98 Å². The van der Waals surface area contributed by atoms with Gasteiger partial charge in [-0.1, -0.05) is 41.1 Å². The number of fused-ring (bicyclic) bond motifs is 1. The highest BCUT2D eigenvalue weighted by Gasteiger charge is 2.17. The predicted octanol–water partition coefficient (Wildman–Crippen LogP) is 5.35. The van der Waals surface area contributed by atoms with Gasteiger partial charge in [0.25, 0.3) is 5.56 Å². The first-order valence-electron chi connectivity index (χ1n) is 11.1. The average molecular weight is 546 g/mol. The smallest absolute Gasteiger partial charge is 0.311 e. The quantitative estimate of drug-likeness (QED) is 0.167. The van der Waals surface area contributed by atoms with E-state index in [1.54, 1.807) is 42.5 Å². The van der Waals surface area contributed by atoms with Crippen molar-refractivity contribution >= 4 is 38.7 Å². The van der Waals surface area contributed by atoms with Crippen LogP contribution in [0.25, 0.3) is 10.9 Å². The van der Waals surface area contributed by atoms with Gasteiger partial charge in [0, 0.05) is 28.1 Å². The minimum absolute atomic E-state index is 0.00605. The van der Waals surface area contributed by atoms with E-state index in [-0.39, 0.29) is 23.6 Å². The second-order valence-corrected chi connectivity index (χ2v) is 8.76. The average Bonchev–Trinajstić information content (AvgIpc) is 2.88. The predicted molar refractivity (Wildman–Crippen MR) is 139 cm³/mol. The summed E-state index contributed by atoms with van der Waals surface area (Å²) in [5.74, 6) is 0.560. The van der Waals surface area contributed by atoms with E-state index in [0.29, 0.717) is 39.8 Å². The van der Waals surface area contributed by atoms with E-state index in [0.717, 1.165) is 10.9 Å². The first kappa shape index (κ1) is 24.8. The van der Waals surface area contributed by atoms with Crippen molar-refractivity contribution in [2.75, 3.05) is 0 Å². The molecule has 0 bridgehead atoms. The summed E-state index contributed by atoms with van der Waals surface area (Å²) in [7, 11) is 0. The van der Waals surface area contributed by atoms with E-state index in [2.05, 4.69) is 32.1 Å². The maximum Gasteiger partial charge on any atom is 0.311 e. The van der Waals surface area contributed by atoms with Gasteiger partial charge in [0.15, 0.2) is 5.75 Å². The van der Waals surface area contributed by atoms with Gasteiger partial charge in [0.05, 0.1) is 33.7 Å². The molecule has 0 aliphatic carbocycles. The van der Waals surface area contributed by atoms with Crippen LogP contribution in [0.15, 0.2) is 75.0 Å². The van der Waals surface area contributed by atoms with Crippen LogP contribution in [-0.4, -0.2) is 20.8 Å². The van der Waals surface area contributed by atoms with Crippen molar-refractivity contribution in [1.82, 2.24) is 9.66 Å². The van der Waals surface area contributed by atoms with Crippen LogP contribution in [0.4, 0.5) is 5.69 Å². The third-order valence-electron chi connectivity index (χ3n) is 5.37. The third kappa shape index (κ3) is 5.31. The monoisotopic (exact) mass is 545 g/mol. The molecule has 0 aliphatic rings. The first-order valence-corrected chi connectivity index (χ1v) is 11.9. The Balaban J connectivity index is 1.67. The number of aromatic nitrogens is 2. The maximum atomic E-state index is 13.1. The Labute approximate surface area is 214 Å². The van der Waals surface area contributed by atoms with Gasteiger partial charge < -0.3 is 4.74 Å². The molecule has 0 unspecified atom stereocenters. The fraction of sp³-hybridized carbons (Fsp3) is 0.154.